The molecule has 2 N–H and O–H groups in total. The predicted molar refractivity (Wildman–Crippen MR) is 65.3 cm³/mol. The Labute approximate surface area is 99.2 Å². The largest absolute Gasteiger partial charge is 0.508 e. The van der Waals surface area contributed by atoms with Gasteiger partial charge >= 0.3 is 0 Å². The minimum absolute atomic E-state index is 0.0870. The highest BCUT2D eigenvalue weighted by Crippen LogP contribution is 2.24. The van der Waals surface area contributed by atoms with Crippen molar-refractivity contribution in [1.82, 2.24) is 5.32 Å². The summed E-state index contributed by atoms with van der Waals surface area (Å²) in [5.74, 6) is 2.48. The van der Waals surface area contributed by atoms with Crippen LogP contribution in [0.5, 0.6) is 5.75 Å². The SMILES string of the molecule is C#CCNC(=O)[C@H](C)Sc1ccc(O)cc1. The molecule has 0 saturated heterocycles. The second-order valence-corrected chi connectivity index (χ2v) is 4.59. The van der Waals surface area contributed by atoms with E-state index in [9.17, 15) is 4.79 Å². The third-order valence-corrected chi connectivity index (χ3v) is 3.00. The Morgan fingerprint density at radius 2 is 2.19 bits per heavy atom. The molecule has 3 nitrogen and oxygen atoms in total. The lowest BCUT2D eigenvalue weighted by atomic mass is 10.3. The summed E-state index contributed by atoms with van der Waals surface area (Å²) in [5.41, 5.74) is 0. The Balaban J connectivity index is 2.51. The van der Waals surface area contributed by atoms with Crippen LogP contribution in [0.15, 0.2) is 29.2 Å². The molecule has 1 rings (SSSR count). The Kier molecular flexibility index (Phi) is 4.74. The standard InChI is InChI=1S/C12H13NO2S/c1-3-8-13-12(15)9(2)16-11-6-4-10(14)5-7-11/h1,4-7,9,14H,8H2,2H3,(H,13,15)/t9-/m0/s1. The lowest BCUT2D eigenvalue weighted by Gasteiger charge is -2.10. The lowest BCUT2D eigenvalue weighted by Crippen LogP contribution is -2.30. The molecular formula is C12H13NO2S. The number of phenolic OH excluding ortho intramolecular Hbond substituents is 1. The van der Waals surface area contributed by atoms with Crippen LogP contribution in [0.4, 0.5) is 0 Å². The van der Waals surface area contributed by atoms with Crippen molar-refractivity contribution >= 4 is 17.7 Å². The van der Waals surface area contributed by atoms with Gasteiger partial charge < -0.3 is 10.4 Å². The fourth-order valence-corrected chi connectivity index (χ4v) is 1.96. The quantitative estimate of drug-likeness (QED) is 0.616. The number of phenols is 1. The molecule has 0 aromatic heterocycles. The van der Waals surface area contributed by atoms with Gasteiger partial charge in [-0.25, -0.2) is 0 Å². The Morgan fingerprint density at radius 3 is 2.75 bits per heavy atom. The summed E-state index contributed by atoms with van der Waals surface area (Å²) in [6.45, 7) is 2.06. The minimum atomic E-state index is -0.210. The highest BCUT2D eigenvalue weighted by atomic mass is 32.2. The minimum Gasteiger partial charge on any atom is -0.508 e. The molecule has 0 aliphatic rings. The first-order valence-corrected chi connectivity index (χ1v) is 5.68. The maximum Gasteiger partial charge on any atom is 0.233 e. The zero-order chi connectivity index (χ0) is 12.0. The van der Waals surface area contributed by atoms with Crippen LogP contribution >= 0.6 is 11.8 Å². The van der Waals surface area contributed by atoms with E-state index in [-0.39, 0.29) is 23.5 Å². The maximum atomic E-state index is 11.5. The summed E-state index contributed by atoms with van der Waals surface area (Å²) in [6, 6.07) is 6.72. The smallest absolute Gasteiger partial charge is 0.233 e. The zero-order valence-corrected chi connectivity index (χ0v) is 9.75. The first-order chi connectivity index (χ1) is 7.63. The van der Waals surface area contributed by atoms with Crippen LogP contribution in [0.1, 0.15) is 6.92 Å². The van der Waals surface area contributed by atoms with Crippen molar-refractivity contribution in [2.24, 2.45) is 0 Å². The number of hydrogen-bond donors (Lipinski definition) is 2. The van der Waals surface area contributed by atoms with Gasteiger partial charge in [0.15, 0.2) is 0 Å². The first-order valence-electron chi connectivity index (χ1n) is 4.80. The van der Waals surface area contributed by atoms with Crippen LogP contribution in [-0.2, 0) is 4.79 Å². The number of aromatic hydroxyl groups is 1. The molecule has 0 aliphatic heterocycles. The van der Waals surface area contributed by atoms with Crippen LogP contribution in [-0.4, -0.2) is 22.8 Å². The van der Waals surface area contributed by atoms with Crippen molar-refractivity contribution in [3.05, 3.63) is 24.3 Å². The van der Waals surface area contributed by atoms with Crippen molar-refractivity contribution in [1.29, 1.82) is 0 Å². The summed E-state index contributed by atoms with van der Waals surface area (Å²) >= 11 is 1.42. The third kappa shape index (κ3) is 3.87. The number of carbonyl (C=O) groups is 1. The van der Waals surface area contributed by atoms with Gasteiger partial charge in [0.1, 0.15) is 5.75 Å². The average molecular weight is 235 g/mol. The van der Waals surface area contributed by atoms with Crippen LogP contribution in [0.25, 0.3) is 0 Å². The fourth-order valence-electron chi connectivity index (χ4n) is 1.06. The number of amides is 1. The maximum absolute atomic E-state index is 11.5. The third-order valence-electron chi connectivity index (χ3n) is 1.88. The van der Waals surface area contributed by atoms with Crippen LogP contribution in [0, 0.1) is 12.3 Å². The van der Waals surface area contributed by atoms with Gasteiger partial charge in [-0.3, -0.25) is 4.79 Å². The number of thioether (sulfide) groups is 1. The van der Waals surface area contributed by atoms with Gasteiger partial charge in [-0.2, -0.15) is 0 Å². The Bertz CT molecular complexity index is 394. The van der Waals surface area contributed by atoms with Gasteiger partial charge in [-0.1, -0.05) is 5.92 Å². The molecule has 0 spiro atoms. The molecule has 1 aromatic rings. The molecule has 0 aliphatic carbocycles. The van der Waals surface area contributed by atoms with Crippen molar-refractivity contribution in [3.8, 4) is 18.1 Å². The van der Waals surface area contributed by atoms with E-state index in [0.29, 0.717) is 0 Å². The van der Waals surface area contributed by atoms with Gasteiger partial charge in [0.2, 0.25) is 5.91 Å². The molecule has 1 atom stereocenters. The topological polar surface area (TPSA) is 49.3 Å². The molecule has 4 heteroatoms. The molecule has 0 saturated carbocycles. The molecule has 0 heterocycles. The van der Waals surface area contributed by atoms with E-state index in [1.165, 1.54) is 11.8 Å². The monoisotopic (exact) mass is 235 g/mol. The van der Waals surface area contributed by atoms with E-state index in [4.69, 9.17) is 11.5 Å². The van der Waals surface area contributed by atoms with E-state index in [1.54, 1.807) is 24.3 Å². The van der Waals surface area contributed by atoms with Gasteiger partial charge in [-0.15, -0.1) is 18.2 Å². The molecule has 0 fully saturated rings. The second kappa shape index (κ2) is 6.09. The Hall–Kier alpha value is -1.60. The van der Waals surface area contributed by atoms with Crippen molar-refractivity contribution < 1.29 is 9.90 Å². The predicted octanol–water partition coefficient (Wildman–Crippen LogP) is 1.62. The fraction of sp³-hybridized carbons (Fsp3) is 0.250. The van der Waals surface area contributed by atoms with Gasteiger partial charge in [0.05, 0.1) is 11.8 Å². The van der Waals surface area contributed by atoms with Crippen molar-refractivity contribution in [2.45, 2.75) is 17.1 Å². The molecule has 0 unspecified atom stereocenters. The van der Waals surface area contributed by atoms with E-state index in [1.807, 2.05) is 6.92 Å². The summed E-state index contributed by atoms with van der Waals surface area (Å²) in [6.07, 6.45) is 5.05. The normalized spacial score (nSPS) is 11.5. The molecule has 0 bridgehead atoms. The molecule has 0 radical (unpaired) electrons. The van der Waals surface area contributed by atoms with Crippen molar-refractivity contribution in [2.75, 3.05) is 6.54 Å². The summed E-state index contributed by atoms with van der Waals surface area (Å²) in [5, 5.41) is 11.5. The summed E-state index contributed by atoms with van der Waals surface area (Å²) < 4.78 is 0. The molecular weight excluding hydrogens is 222 g/mol. The van der Waals surface area contributed by atoms with Crippen molar-refractivity contribution in [3.63, 3.8) is 0 Å². The summed E-state index contributed by atoms with van der Waals surface area (Å²) in [4.78, 5) is 12.4. The molecule has 1 aromatic carbocycles. The highest BCUT2D eigenvalue weighted by Gasteiger charge is 2.13. The molecule has 16 heavy (non-hydrogen) atoms. The Morgan fingerprint density at radius 1 is 1.56 bits per heavy atom. The van der Waals surface area contributed by atoms with Gasteiger partial charge in [0, 0.05) is 4.90 Å². The molecule has 84 valence electrons. The number of terminal acetylenes is 1. The van der Waals surface area contributed by atoms with Crippen LogP contribution in [0.3, 0.4) is 0 Å². The second-order valence-electron chi connectivity index (χ2n) is 3.18. The van der Waals surface area contributed by atoms with E-state index >= 15 is 0 Å². The summed E-state index contributed by atoms with van der Waals surface area (Å²) in [7, 11) is 0. The highest BCUT2D eigenvalue weighted by molar-refractivity contribution is 8.00. The number of nitrogens with one attached hydrogen (secondary N) is 1. The van der Waals surface area contributed by atoms with Crippen LogP contribution < -0.4 is 5.32 Å². The van der Waals surface area contributed by atoms with E-state index in [0.717, 1.165) is 4.90 Å². The lowest BCUT2D eigenvalue weighted by molar-refractivity contribution is -0.120. The number of hydrogen-bond acceptors (Lipinski definition) is 3. The number of carbonyl (C=O) groups excluding carboxylic acids is 1. The van der Waals surface area contributed by atoms with E-state index in [2.05, 4.69) is 11.2 Å². The number of benzene rings is 1. The van der Waals surface area contributed by atoms with Crippen LogP contribution in [0.2, 0.25) is 0 Å². The zero-order valence-electron chi connectivity index (χ0n) is 8.93. The first kappa shape index (κ1) is 12.5. The van der Waals surface area contributed by atoms with Gasteiger partial charge in [0.25, 0.3) is 0 Å². The molecule has 1 amide bonds. The number of rotatable bonds is 4. The van der Waals surface area contributed by atoms with Gasteiger partial charge in [-0.05, 0) is 31.2 Å². The average Bonchev–Trinajstić information content (AvgIpc) is 2.29. The van der Waals surface area contributed by atoms with E-state index < -0.39 is 0 Å².